The van der Waals surface area contributed by atoms with Crippen LogP contribution in [0.3, 0.4) is 0 Å². The predicted octanol–water partition coefficient (Wildman–Crippen LogP) is 4.34. The molecule has 2 heterocycles. The molecule has 0 aliphatic carbocycles. The van der Waals surface area contributed by atoms with Crippen molar-refractivity contribution in [2.45, 2.75) is 4.90 Å². The van der Waals surface area contributed by atoms with Crippen LogP contribution in [-0.4, -0.2) is 17.1 Å². The summed E-state index contributed by atoms with van der Waals surface area (Å²) in [6, 6.07) is 12.3. The summed E-state index contributed by atoms with van der Waals surface area (Å²) >= 11 is 1.32. The number of methoxy groups -OCH3 is 1. The highest BCUT2D eigenvalue weighted by atomic mass is 32.2. The Bertz CT molecular complexity index is 761. The van der Waals surface area contributed by atoms with Gasteiger partial charge in [0.25, 0.3) is 0 Å². The number of nitrogens with zero attached hydrogens (tertiary/aromatic N) is 1. The third-order valence-electron chi connectivity index (χ3n) is 3.05. The van der Waals surface area contributed by atoms with Crippen LogP contribution in [0.1, 0.15) is 0 Å². The van der Waals surface area contributed by atoms with Crippen molar-refractivity contribution in [1.29, 1.82) is 0 Å². The number of hydrogen-bond donors (Lipinski definition) is 2. The molecule has 3 rings (SSSR count). The first-order valence-corrected chi connectivity index (χ1v) is 7.44. The van der Waals surface area contributed by atoms with E-state index in [9.17, 15) is 4.39 Å². The normalized spacial score (nSPS) is 10.5. The molecule has 2 aromatic heterocycles. The van der Waals surface area contributed by atoms with Gasteiger partial charge in [-0.2, -0.15) is 0 Å². The van der Waals surface area contributed by atoms with Crippen LogP contribution in [0.2, 0.25) is 0 Å². The Labute approximate surface area is 131 Å². The van der Waals surface area contributed by atoms with E-state index in [0.717, 1.165) is 16.3 Å². The van der Waals surface area contributed by atoms with Gasteiger partial charge < -0.3 is 14.4 Å². The Balaban J connectivity index is 1.71. The van der Waals surface area contributed by atoms with E-state index >= 15 is 0 Å². The Morgan fingerprint density at radius 3 is 2.91 bits per heavy atom. The molecule has 0 spiro atoms. The Morgan fingerprint density at radius 1 is 1.23 bits per heavy atom. The molecule has 0 amide bonds. The van der Waals surface area contributed by atoms with Crippen molar-refractivity contribution in [2.24, 2.45) is 0 Å². The van der Waals surface area contributed by atoms with Crippen LogP contribution in [0.15, 0.2) is 59.8 Å². The molecule has 22 heavy (non-hydrogen) atoms. The summed E-state index contributed by atoms with van der Waals surface area (Å²) in [6.45, 7) is 0. The molecule has 6 heteroatoms. The summed E-state index contributed by atoms with van der Waals surface area (Å²) in [6.07, 6.45) is 3.59. The van der Waals surface area contributed by atoms with Crippen LogP contribution >= 0.6 is 11.9 Å². The molecule has 4 nitrogen and oxygen atoms in total. The van der Waals surface area contributed by atoms with E-state index in [1.165, 1.54) is 18.0 Å². The predicted molar refractivity (Wildman–Crippen MR) is 86.5 cm³/mol. The average Bonchev–Trinajstić information content (AvgIpc) is 3.04. The number of nitrogens with one attached hydrogen (secondary N) is 2. The number of benzene rings is 1. The molecule has 0 saturated carbocycles. The first-order valence-electron chi connectivity index (χ1n) is 6.62. The molecule has 0 bridgehead atoms. The smallest absolute Gasteiger partial charge is 0.147 e. The van der Waals surface area contributed by atoms with E-state index in [1.54, 1.807) is 25.4 Å². The SMILES string of the molecule is COc1ccc(F)c(NSc2c[nH]c(-c3ccccn3)c2)c1. The van der Waals surface area contributed by atoms with Gasteiger partial charge in [0.1, 0.15) is 11.6 Å². The van der Waals surface area contributed by atoms with Crippen LogP contribution < -0.4 is 9.46 Å². The fourth-order valence-electron chi connectivity index (χ4n) is 1.93. The van der Waals surface area contributed by atoms with Crippen LogP contribution in [-0.2, 0) is 0 Å². The zero-order chi connectivity index (χ0) is 15.4. The van der Waals surface area contributed by atoms with E-state index in [4.69, 9.17) is 4.74 Å². The summed E-state index contributed by atoms with van der Waals surface area (Å²) in [5.41, 5.74) is 2.16. The molecule has 0 aliphatic heterocycles. The van der Waals surface area contributed by atoms with E-state index in [-0.39, 0.29) is 5.82 Å². The molecule has 0 aliphatic rings. The lowest BCUT2D eigenvalue weighted by atomic mass is 10.3. The summed E-state index contributed by atoms with van der Waals surface area (Å²) < 4.78 is 21.8. The van der Waals surface area contributed by atoms with Crippen molar-refractivity contribution in [3.05, 3.63) is 60.7 Å². The second-order valence-electron chi connectivity index (χ2n) is 4.51. The lowest BCUT2D eigenvalue weighted by Gasteiger charge is -2.07. The Morgan fingerprint density at radius 2 is 2.14 bits per heavy atom. The van der Waals surface area contributed by atoms with Gasteiger partial charge in [0.15, 0.2) is 0 Å². The van der Waals surface area contributed by atoms with Gasteiger partial charge in [0.2, 0.25) is 0 Å². The van der Waals surface area contributed by atoms with Gasteiger partial charge in [0.05, 0.1) is 24.2 Å². The van der Waals surface area contributed by atoms with Crippen LogP contribution in [0.4, 0.5) is 10.1 Å². The number of aromatic amines is 1. The number of aromatic nitrogens is 2. The molecule has 0 unspecified atom stereocenters. The molecule has 3 aromatic rings. The zero-order valence-electron chi connectivity index (χ0n) is 11.8. The second-order valence-corrected chi connectivity index (χ2v) is 5.39. The molecule has 1 aromatic carbocycles. The minimum Gasteiger partial charge on any atom is -0.497 e. The maximum atomic E-state index is 13.7. The summed E-state index contributed by atoms with van der Waals surface area (Å²) in [5, 5.41) is 0. The highest BCUT2D eigenvalue weighted by Gasteiger charge is 2.07. The highest BCUT2D eigenvalue weighted by Crippen LogP contribution is 2.28. The van der Waals surface area contributed by atoms with Crippen LogP contribution in [0, 0.1) is 5.82 Å². The van der Waals surface area contributed by atoms with E-state index in [2.05, 4.69) is 14.7 Å². The topological polar surface area (TPSA) is 49.9 Å². The number of H-pyrrole nitrogens is 1. The maximum Gasteiger partial charge on any atom is 0.147 e. The van der Waals surface area contributed by atoms with Crippen molar-refractivity contribution < 1.29 is 9.13 Å². The molecule has 0 radical (unpaired) electrons. The van der Waals surface area contributed by atoms with Gasteiger partial charge in [-0.1, -0.05) is 6.07 Å². The first kappa shape index (κ1) is 14.5. The Kier molecular flexibility index (Phi) is 4.29. The number of rotatable bonds is 5. The summed E-state index contributed by atoms with van der Waals surface area (Å²) in [7, 11) is 1.55. The van der Waals surface area contributed by atoms with Gasteiger partial charge >= 0.3 is 0 Å². The molecule has 2 N–H and O–H groups in total. The highest BCUT2D eigenvalue weighted by molar-refractivity contribution is 8.00. The maximum absolute atomic E-state index is 13.7. The monoisotopic (exact) mass is 315 g/mol. The largest absolute Gasteiger partial charge is 0.497 e. The molecule has 112 valence electrons. The number of halogens is 1. The zero-order valence-corrected chi connectivity index (χ0v) is 12.7. The number of anilines is 1. The second kappa shape index (κ2) is 6.53. The number of ether oxygens (including phenoxy) is 1. The third kappa shape index (κ3) is 3.23. The minimum atomic E-state index is -0.325. The van der Waals surface area contributed by atoms with Crippen molar-refractivity contribution in [2.75, 3.05) is 11.8 Å². The summed E-state index contributed by atoms with van der Waals surface area (Å²) in [4.78, 5) is 8.37. The molecular weight excluding hydrogens is 301 g/mol. The fraction of sp³-hybridized carbons (Fsp3) is 0.0625. The fourth-order valence-corrected chi connectivity index (χ4v) is 2.61. The van der Waals surface area contributed by atoms with Gasteiger partial charge in [-0.15, -0.1) is 0 Å². The lowest BCUT2D eigenvalue weighted by Crippen LogP contribution is -1.92. The number of hydrogen-bond acceptors (Lipinski definition) is 4. The van der Waals surface area contributed by atoms with Crippen LogP contribution in [0.5, 0.6) is 5.75 Å². The van der Waals surface area contributed by atoms with Crippen molar-refractivity contribution in [3.63, 3.8) is 0 Å². The molecular formula is C16H14FN3OS. The molecule has 0 saturated heterocycles. The quantitative estimate of drug-likeness (QED) is 0.688. The van der Waals surface area contributed by atoms with E-state index in [0.29, 0.717) is 11.4 Å². The van der Waals surface area contributed by atoms with Crippen LogP contribution in [0.25, 0.3) is 11.4 Å². The molecule has 0 atom stereocenters. The minimum absolute atomic E-state index is 0.325. The number of pyridine rings is 1. The molecule has 0 fully saturated rings. The van der Waals surface area contributed by atoms with E-state index in [1.807, 2.05) is 30.5 Å². The first-order chi connectivity index (χ1) is 10.8. The van der Waals surface area contributed by atoms with Crippen molar-refractivity contribution >= 4 is 17.6 Å². The van der Waals surface area contributed by atoms with Gasteiger partial charge in [-0.05, 0) is 42.3 Å². The average molecular weight is 315 g/mol. The van der Waals surface area contributed by atoms with Crippen molar-refractivity contribution in [3.8, 4) is 17.1 Å². The third-order valence-corrected chi connectivity index (χ3v) is 3.84. The lowest BCUT2D eigenvalue weighted by molar-refractivity contribution is 0.414. The van der Waals surface area contributed by atoms with Gasteiger partial charge in [0, 0.05) is 23.4 Å². The standard InChI is InChI=1S/C16H14FN3OS/c1-21-11-5-6-13(17)15(8-11)20-22-12-9-16(19-10-12)14-4-2-3-7-18-14/h2-10,19-20H,1H3. The van der Waals surface area contributed by atoms with E-state index < -0.39 is 0 Å². The van der Waals surface area contributed by atoms with Crippen molar-refractivity contribution in [1.82, 2.24) is 9.97 Å². The Hall–Kier alpha value is -2.47. The summed E-state index contributed by atoms with van der Waals surface area (Å²) in [5.74, 6) is 0.279. The van der Waals surface area contributed by atoms with Gasteiger partial charge in [-0.3, -0.25) is 4.98 Å². The van der Waals surface area contributed by atoms with Gasteiger partial charge in [-0.25, -0.2) is 4.39 Å².